The van der Waals surface area contributed by atoms with Gasteiger partial charge >= 0.3 is 12.6 Å². The van der Waals surface area contributed by atoms with Crippen molar-refractivity contribution in [3.63, 3.8) is 0 Å². The topological polar surface area (TPSA) is 41.6 Å². The maximum Gasteiger partial charge on any atom is 0.387 e. The van der Waals surface area contributed by atoms with Crippen LogP contribution in [0.25, 0.3) is 0 Å². The third-order valence-corrected chi connectivity index (χ3v) is 3.90. The number of benzene rings is 1. The molecule has 0 bridgehead atoms. The van der Waals surface area contributed by atoms with Crippen LogP contribution >= 0.6 is 0 Å². The normalized spacial score (nSPS) is 15.3. The molecule has 0 aliphatic heterocycles. The van der Waals surface area contributed by atoms with Crippen molar-refractivity contribution in [3.05, 3.63) is 29.8 Å². The molecule has 0 saturated heterocycles. The lowest BCUT2D eigenvalue weighted by atomic mass is 10.1. The van der Waals surface area contributed by atoms with Gasteiger partial charge in [-0.15, -0.1) is 0 Å². The summed E-state index contributed by atoms with van der Waals surface area (Å²) < 4.78 is 28.6. The van der Waals surface area contributed by atoms with Crippen molar-refractivity contribution in [2.24, 2.45) is 5.92 Å². The first-order valence-electron chi connectivity index (χ1n) is 8.09. The van der Waals surface area contributed by atoms with Crippen LogP contribution in [0, 0.1) is 5.92 Å². The lowest BCUT2D eigenvalue weighted by Crippen LogP contribution is -2.42. The van der Waals surface area contributed by atoms with E-state index in [1.54, 1.807) is 12.1 Å². The fourth-order valence-electron chi connectivity index (χ4n) is 2.46. The highest BCUT2D eigenvalue weighted by Gasteiger charge is 2.26. The Bertz CT molecular complexity index is 504. The van der Waals surface area contributed by atoms with E-state index in [1.165, 1.54) is 25.0 Å². The van der Waals surface area contributed by atoms with Gasteiger partial charge in [0.2, 0.25) is 0 Å². The van der Waals surface area contributed by atoms with Gasteiger partial charge < -0.3 is 15.0 Å². The molecule has 6 heteroatoms. The monoisotopic (exact) mass is 326 g/mol. The van der Waals surface area contributed by atoms with Gasteiger partial charge in [-0.1, -0.05) is 19.1 Å². The summed E-state index contributed by atoms with van der Waals surface area (Å²) in [5.74, 6) is 0.761. The highest BCUT2D eigenvalue weighted by Crippen LogP contribution is 2.30. The molecular formula is C17H24F2N2O2. The number of hydrogen-bond donors (Lipinski definition) is 1. The Morgan fingerprint density at radius 2 is 2.00 bits per heavy atom. The number of carbonyl (C=O) groups is 1. The molecule has 1 saturated carbocycles. The lowest BCUT2D eigenvalue weighted by molar-refractivity contribution is -0.0498. The van der Waals surface area contributed by atoms with Crippen molar-refractivity contribution in [1.82, 2.24) is 10.2 Å². The molecule has 1 aliphatic rings. The zero-order chi connectivity index (χ0) is 16.8. The first-order valence-corrected chi connectivity index (χ1v) is 8.09. The predicted molar refractivity (Wildman–Crippen MR) is 84.6 cm³/mol. The van der Waals surface area contributed by atoms with Crippen molar-refractivity contribution >= 4 is 6.03 Å². The van der Waals surface area contributed by atoms with Crippen LogP contribution in [0.3, 0.4) is 0 Å². The van der Waals surface area contributed by atoms with Crippen LogP contribution in [0.4, 0.5) is 13.6 Å². The molecular weight excluding hydrogens is 302 g/mol. The smallest absolute Gasteiger partial charge is 0.387 e. The van der Waals surface area contributed by atoms with Gasteiger partial charge in [0, 0.05) is 13.1 Å². The van der Waals surface area contributed by atoms with Crippen molar-refractivity contribution in [2.45, 2.75) is 45.8 Å². The number of halogens is 2. The Morgan fingerprint density at radius 1 is 1.35 bits per heavy atom. The van der Waals surface area contributed by atoms with Crippen molar-refractivity contribution in [2.75, 3.05) is 13.1 Å². The molecule has 0 aromatic heterocycles. The van der Waals surface area contributed by atoms with E-state index in [2.05, 4.69) is 17.0 Å². The molecule has 1 unspecified atom stereocenters. The largest absolute Gasteiger partial charge is 0.435 e. The minimum Gasteiger partial charge on any atom is -0.435 e. The van der Waals surface area contributed by atoms with Gasteiger partial charge in [0.05, 0.1) is 6.04 Å². The van der Waals surface area contributed by atoms with Gasteiger partial charge in [-0.3, -0.25) is 0 Å². The number of ether oxygens (including phenoxy) is 1. The van der Waals surface area contributed by atoms with Gasteiger partial charge in [0.1, 0.15) is 5.75 Å². The molecule has 1 atom stereocenters. The molecule has 128 valence electrons. The van der Waals surface area contributed by atoms with E-state index < -0.39 is 6.61 Å². The molecule has 2 amide bonds. The summed E-state index contributed by atoms with van der Waals surface area (Å²) in [6, 6.07) is 6.08. The number of urea groups is 1. The van der Waals surface area contributed by atoms with E-state index in [0.717, 1.165) is 25.1 Å². The Kier molecular flexibility index (Phi) is 6.19. The van der Waals surface area contributed by atoms with Gasteiger partial charge in [-0.2, -0.15) is 8.78 Å². The second-order valence-electron chi connectivity index (χ2n) is 6.01. The maximum atomic E-state index is 12.4. The van der Waals surface area contributed by atoms with E-state index in [9.17, 15) is 13.6 Å². The fourth-order valence-corrected chi connectivity index (χ4v) is 2.46. The average molecular weight is 326 g/mol. The Labute approximate surface area is 135 Å². The standard InChI is InChI=1S/C17H24F2N2O2/c1-3-10-21(11-13-4-5-13)17(22)20-12(2)14-6-8-15(9-7-14)23-16(18)19/h6-9,12-13,16H,3-5,10-11H2,1-2H3,(H,20,22). The van der Waals surface area contributed by atoms with Crippen LogP contribution in [0.5, 0.6) is 5.75 Å². The summed E-state index contributed by atoms with van der Waals surface area (Å²) in [6.45, 7) is 2.66. The summed E-state index contributed by atoms with van der Waals surface area (Å²) in [5.41, 5.74) is 0.850. The van der Waals surface area contributed by atoms with Crippen LogP contribution in [-0.4, -0.2) is 30.6 Å². The van der Waals surface area contributed by atoms with E-state index in [-0.39, 0.29) is 17.8 Å². The van der Waals surface area contributed by atoms with Crippen molar-refractivity contribution < 1.29 is 18.3 Å². The summed E-state index contributed by atoms with van der Waals surface area (Å²) in [5, 5.41) is 2.97. The van der Waals surface area contributed by atoms with Crippen molar-refractivity contribution in [1.29, 1.82) is 0 Å². The number of rotatable bonds is 8. The van der Waals surface area contributed by atoms with E-state index in [1.807, 2.05) is 11.8 Å². The van der Waals surface area contributed by atoms with Gasteiger partial charge in [-0.25, -0.2) is 4.79 Å². The Balaban J connectivity index is 1.90. The lowest BCUT2D eigenvalue weighted by Gasteiger charge is -2.25. The first-order chi connectivity index (χ1) is 11.0. The fraction of sp³-hybridized carbons (Fsp3) is 0.588. The predicted octanol–water partition coefficient (Wildman–Crippen LogP) is 4.18. The summed E-state index contributed by atoms with van der Waals surface area (Å²) in [4.78, 5) is 14.2. The van der Waals surface area contributed by atoms with Crippen LogP contribution in [-0.2, 0) is 0 Å². The second-order valence-corrected chi connectivity index (χ2v) is 6.01. The Morgan fingerprint density at radius 3 is 2.52 bits per heavy atom. The average Bonchev–Trinajstić information content (AvgIpc) is 3.31. The van der Waals surface area contributed by atoms with E-state index in [4.69, 9.17) is 0 Å². The number of hydrogen-bond acceptors (Lipinski definition) is 2. The quantitative estimate of drug-likeness (QED) is 0.778. The number of nitrogens with zero attached hydrogens (tertiary/aromatic N) is 1. The van der Waals surface area contributed by atoms with Crippen LogP contribution in [0.15, 0.2) is 24.3 Å². The van der Waals surface area contributed by atoms with Crippen LogP contribution in [0.2, 0.25) is 0 Å². The van der Waals surface area contributed by atoms with Gasteiger partial charge in [-0.05, 0) is 49.8 Å². The van der Waals surface area contributed by atoms with E-state index in [0.29, 0.717) is 5.92 Å². The summed E-state index contributed by atoms with van der Waals surface area (Å²) >= 11 is 0. The zero-order valence-corrected chi connectivity index (χ0v) is 13.6. The van der Waals surface area contributed by atoms with E-state index >= 15 is 0 Å². The number of carbonyl (C=O) groups excluding carboxylic acids is 1. The number of amides is 2. The highest BCUT2D eigenvalue weighted by molar-refractivity contribution is 5.74. The number of nitrogens with one attached hydrogen (secondary N) is 1. The number of alkyl halides is 2. The molecule has 4 nitrogen and oxygen atoms in total. The maximum absolute atomic E-state index is 12.4. The van der Waals surface area contributed by atoms with Crippen molar-refractivity contribution in [3.8, 4) is 5.75 Å². The summed E-state index contributed by atoms with van der Waals surface area (Å²) in [6.07, 6.45) is 3.33. The molecule has 1 fully saturated rings. The second kappa shape index (κ2) is 8.13. The molecule has 1 aromatic carbocycles. The molecule has 1 aromatic rings. The van der Waals surface area contributed by atoms with Gasteiger partial charge in [0.15, 0.2) is 0 Å². The first kappa shape index (κ1) is 17.5. The molecule has 0 spiro atoms. The van der Waals surface area contributed by atoms with Crippen LogP contribution in [0.1, 0.15) is 44.7 Å². The zero-order valence-electron chi connectivity index (χ0n) is 13.6. The SMILES string of the molecule is CCCN(CC1CC1)C(=O)NC(C)c1ccc(OC(F)F)cc1. The molecule has 0 radical (unpaired) electrons. The summed E-state index contributed by atoms with van der Waals surface area (Å²) in [7, 11) is 0. The molecule has 1 N–H and O–H groups in total. The van der Waals surface area contributed by atoms with Gasteiger partial charge in [0.25, 0.3) is 0 Å². The minimum absolute atomic E-state index is 0.0702. The molecule has 2 rings (SSSR count). The highest BCUT2D eigenvalue weighted by atomic mass is 19.3. The molecule has 23 heavy (non-hydrogen) atoms. The Hall–Kier alpha value is -1.85. The third-order valence-electron chi connectivity index (χ3n) is 3.90. The molecule has 0 heterocycles. The minimum atomic E-state index is -2.83. The van der Waals surface area contributed by atoms with Crippen LogP contribution < -0.4 is 10.1 Å². The third kappa shape index (κ3) is 5.69. The molecule has 1 aliphatic carbocycles.